The zero-order valence-corrected chi connectivity index (χ0v) is 9.09. The smallest absolute Gasteiger partial charge is 0.123 e. The summed E-state index contributed by atoms with van der Waals surface area (Å²) in [6.45, 7) is 5.58. The quantitative estimate of drug-likeness (QED) is 0.759. The first kappa shape index (κ1) is 10.9. The van der Waals surface area contributed by atoms with Gasteiger partial charge in [-0.1, -0.05) is 0 Å². The molecule has 1 aromatic rings. The third kappa shape index (κ3) is 1.68. The Labute approximate surface area is 84.5 Å². The summed E-state index contributed by atoms with van der Waals surface area (Å²) < 4.78 is 5.20. The van der Waals surface area contributed by atoms with Crippen molar-refractivity contribution in [1.82, 2.24) is 0 Å². The molecule has 3 heteroatoms. The van der Waals surface area contributed by atoms with Gasteiger partial charge in [-0.05, 0) is 38.0 Å². The number of aryl methyl sites for hydroxylation is 1. The summed E-state index contributed by atoms with van der Waals surface area (Å²) in [5.74, 6) is 1.05. The predicted molar refractivity (Wildman–Crippen MR) is 56.7 cm³/mol. The van der Waals surface area contributed by atoms with Crippen LogP contribution in [0.25, 0.3) is 0 Å². The van der Waals surface area contributed by atoms with Crippen LogP contribution >= 0.6 is 0 Å². The van der Waals surface area contributed by atoms with E-state index in [0.29, 0.717) is 0 Å². The molecule has 14 heavy (non-hydrogen) atoms. The van der Waals surface area contributed by atoms with Gasteiger partial charge in [-0.15, -0.1) is 0 Å². The van der Waals surface area contributed by atoms with E-state index < -0.39 is 0 Å². The van der Waals surface area contributed by atoms with Gasteiger partial charge in [0, 0.05) is 11.6 Å². The van der Waals surface area contributed by atoms with Crippen molar-refractivity contribution >= 4 is 0 Å². The molecule has 1 atom stereocenters. The number of phenols is 1. The maximum Gasteiger partial charge on any atom is 0.123 e. The highest BCUT2D eigenvalue weighted by atomic mass is 16.5. The van der Waals surface area contributed by atoms with Crippen LogP contribution in [0.5, 0.6) is 11.5 Å². The molecular formula is C11H17NO2. The molecule has 78 valence electrons. The molecule has 0 fully saturated rings. The average molecular weight is 195 g/mol. The molecule has 0 spiro atoms. The second-order valence-electron chi connectivity index (χ2n) is 3.57. The van der Waals surface area contributed by atoms with Crippen LogP contribution in [-0.2, 0) is 0 Å². The number of methoxy groups -OCH3 is 1. The SMILES string of the molecule is COc1cc(C)c(O)c([C@@H](C)N)c1C. The number of phenolic OH excluding ortho intramolecular Hbond substituents is 1. The second-order valence-corrected chi connectivity index (χ2v) is 3.57. The maximum atomic E-state index is 9.83. The molecule has 1 aromatic carbocycles. The van der Waals surface area contributed by atoms with E-state index in [2.05, 4.69) is 0 Å². The van der Waals surface area contributed by atoms with E-state index in [4.69, 9.17) is 10.5 Å². The molecule has 0 aliphatic carbocycles. The average Bonchev–Trinajstić information content (AvgIpc) is 2.11. The van der Waals surface area contributed by atoms with Crippen molar-refractivity contribution in [2.45, 2.75) is 26.8 Å². The Morgan fingerprint density at radius 3 is 2.43 bits per heavy atom. The Balaban J connectivity index is 3.45. The summed E-state index contributed by atoms with van der Waals surface area (Å²) in [5, 5.41) is 9.83. The van der Waals surface area contributed by atoms with Crippen molar-refractivity contribution in [2.24, 2.45) is 5.73 Å². The first-order valence-electron chi connectivity index (χ1n) is 4.61. The highest BCUT2D eigenvalue weighted by Gasteiger charge is 2.15. The Hall–Kier alpha value is -1.22. The van der Waals surface area contributed by atoms with Gasteiger partial charge < -0.3 is 15.6 Å². The van der Waals surface area contributed by atoms with Crippen LogP contribution < -0.4 is 10.5 Å². The predicted octanol–water partition coefficient (Wildman–Crippen LogP) is 2.04. The normalized spacial score (nSPS) is 12.6. The number of benzene rings is 1. The molecule has 3 nitrogen and oxygen atoms in total. The van der Waals surface area contributed by atoms with Crippen LogP contribution in [0.4, 0.5) is 0 Å². The zero-order chi connectivity index (χ0) is 10.9. The summed E-state index contributed by atoms with van der Waals surface area (Å²) >= 11 is 0. The molecule has 0 saturated carbocycles. The molecule has 0 bridgehead atoms. The van der Waals surface area contributed by atoms with Crippen LogP contribution in [0, 0.1) is 13.8 Å². The molecule has 3 N–H and O–H groups in total. The third-order valence-electron chi connectivity index (χ3n) is 2.43. The van der Waals surface area contributed by atoms with E-state index in [-0.39, 0.29) is 11.8 Å². The first-order chi connectivity index (χ1) is 6.49. The van der Waals surface area contributed by atoms with E-state index in [0.717, 1.165) is 22.4 Å². The summed E-state index contributed by atoms with van der Waals surface area (Å²) in [4.78, 5) is 0. The zero-order valence-electron chi connectivity index (χ0n) is 9.09. The fourth-order valence-corrected chi connectivity index (χ4v) is 1.67. The van der Waals surface area contributed by atoms with Gasteiger partial charge in [-0.2, -0.15) is 0 Å². The number of hydrogen-bond donors (Lipinski definition) is 2. The molecule has 0 heterocycles. The molecule has 0 saturated heterocycles. The largest absolute Gasteiger partial charge is 0.507 e. The highest BCUT2D eigenvalue weighted by Crippen LogP contribution is 2.35. The fraction of sp³-hybridized carbons (Fsp3) is 0.455. The summed E-state index contributed by atoms with van der Waals surface area (Å²) in [7, 11) is 1.61. The van der Waals surface area contributed by atoms with Gasteiger partial charge in [0.1, 0.15) is 11.5 Å². The Bertz CT molecular complexity index is 346. The number of hydrogen-bond acceptors (Lipinski definition) is 3. The molecule has 1 rings (SSSR count). The monoisotopic (exact) mass is 195 g/mol. The van der Waals surface area contributed by atoms with Gasteiger partial charge in [0.15, 0.2) is 0 Å². The number of nitrogens with two attached hydrogens (primary N) is 1. The van der Waals surface area contributed by atoms with Gasteiger partial charge >= 0.3 is 0 Å². The van der Waals surface area contributed by atoms with Gasteiger partial charge in [-0.3, -0.25) is 0 Å². The molecule has 0 unspecified atom stereocenters. The fourth-order valence-electron chi connectivity index (χ4n) is 1.67. The Kier molecular flexibility index (Phi) is 3.01. The van der Waals surface area contributed by atoms with E-state index >= 15 is 0 Å². The highest BCUT2D eigenvalue weighted by molar-refractivity contribution is 5.53. The summed E-state index contributed by atoms with van der Waals surface area (Å²) in [6.07, 6.45) is 0. The molecule has 0 aliphatic rings. The molecule has 0 amide bonds. The van der Waals surface area contributed by atoms with E-state index in [1.54, 1.807) is 7.11 Å². The van der Waals surface area contributed by atoms with Crippen LogP contribution in [0.3, 0.4) is 0 Å². The summed E-state index contributed by atoms with van der Waals surface area (Å²) in [6, 6.07) is 1.63. The van der Waals surface area contributed by atoms with Gasteiger partial charge in [0.05, 0.1) is 7.11 Å². The summed E-state index contributed by atoms with van der Waals surface area (Å²) in [5.41, 5.74) is 8.26. The minimum absolute atomic E-state index is 0.191. The van der Waals surface area contributed by atoms with Gasteiger partial charge in [-0.25, -0.2) is 0 Å². The molecule has 0 aromatic heterocycles. The first-order valence-corrected chi connectivity index (χ1v) is 4.61. The minimum atomic E-state index is -0.191. The van der Waals surface area contributed by atoms with Crippen molar-refractivity contribution in [3.05, 3.63) is 22.8 Å². The van der Waals surface area contributed by atoms with Gasteiger partial charge in [0.2, 0.25) is 0 Å². The lowest BCUT2D eigenvalue weighted by atomic mass is 9.98. The third-order valence-corrected chi connectivity index (χ3v) is 2.43. The number of ether oxygens (including phenoxy) is 1. The topological polar surface area (TPSA) is 55.5 Å². The van der Waals surface area contributed by atoms with Crippen molar-refractivity contribution in [3.63, 3.8) is 0 Å². The number of aromatic hydroxyl groups is 1. The Morgan fingerprint density at radius 1 is 1.43 bits per heavy atom. The van der Waals surface area contributed by atoms with Gasteiger partial charge in [0.25, 0.3) is 0 Å². The lowest BCUT2D eigenvalue weighted by Crippen LogP contribution is -2.09. The maximum absolute atomic E-state index is 9.83. The van der Waals surface area contributed by atoms with E-state index in [1.165, 1.54) is 0 Å². The standard InChI is InChI=1S/C11H17NO2/c1-6-5-9(14-4)7(2)10(8(3)12)11(6)13/h5,8,13H,12H2,1-4H3/t8-/m1/s1. The number of rotatable bonds is 2. The van der Waals surface area contributed by atoms with Crippen molar-refractivity contribution in [2.75, 3.05) is 7.11 Å². The van der Waals surface area contributed by atoms with Crippen LogP contribution in [0.1, 0.15) is 29.7 Å². The Morgan fingerprint density at radius 2 is 2.00 bits per heavy atom. The van der Waals surface area contributed by atoms with E-state index in [1.807, 2.05) is 26.8 Å². The lowest BCUT2D eigenvalue weighted by Gasteiger charge is -2.17. The van der Waals surface area contributed by atoms with E-state index in [9.17, 15) is 5.11 Å². The molecule has 0 radical (unpaired) electrons. The molecule has 0 aliphatic heterocycles. The minimum Gasteiger partial charge on any atom is -0.507 e. The van der Waals surface area contributed by atoms with Crippen molar-refractivity contribution < 1.29 is 9.84 Å². The molecular weight excluding hydrogens is 178 g/mol. The van der Waals surface area contributed by atoms with Crippen LogP contribution in [0.2, 0.25) is 0 Å². The lowest BCUT2D eigenvalue weighted by molar-refractivity contribution is 0.405. The second kappa shape index (κ2) is 3.88. The van der Waals surface area contributed by atoms with Crippen LogP contribution in [0.15, 0.2) is 6.07 Å². The van der Waals surface area contributed by atoms with Crippen molar-refractivity contribution in [3.8, 4) is 11.5 Å². The van der Waals surface area contributed by atoms with Crippen molar-refractivity contribution in [1.29, 1.82) is 0 Å². The van der Waals surface area contributed by atoms with Crippen LogP contribution in [-0.4, -0.2) is 12.2 Å².